The summed E-state index contributed by atoms with van der Waals surface area (Å²) in [6.07, 6.45) is 0.0470. The lowest BCUT2D eigenvalue weighted by Crippen LogP contribution is -2.21. The highest BCUT2D eigenvalue weighted by Crippen LogP contribution is 2.26. The van der Waals surface area contributed by atoms with E-state index in [1.807, 2.05) is 13.0 Å². The quantitative estimate of drug-likeness (QED) is 0.865. The van der Waals surface area contributed by atoms with Crippen LogP contribution in [-0.4, -0.2) is 23.9 Å². The molecule has 84 valence electrons. The van der Waals surface area contributed by atoms with Gasteiger partial charge >= 0.3 is 0 Å². The van der Waals surface area contributed by atoms with Crippen LogP contribution < -0.4 is 0 Å². The van der Waals surface area contributed by atoms with E-state index in [0.717, 1.165) is 11.8 Å². The zero-order chi connectivity index (χ0) is 11.6. The average molecular weight is 293 g/mol. The molecule has 2 atom stereocenters. The number of aryl methyl sites for hydroxylation is 1. The molecule has 0 saturated heterocycles. The van der Waals surface area contributed by atoms with Crippen LogP contribution in [0.25, 0.3) is 0 Å². The second kappa shape index (κ2) is 4.63. The molecule has 0 unspecified atom stereocenters. The van der Waals surface area contributed by atoms with E-state index in [9.17, 15) is 13.5 Å². The van der Waals surface area contributed by atoms with Crippen molar-refractivity contribution in [2.75, 3.05) is 6.26 Å². The average Bonchev–Trinajstić information content (AvgIpc) is 2.14. The Morgan fingerprint density at radius 3 is 2.47 bits per heavy atom. The van der Waals surface area contributed by atoms with E-state index >= 15 is 0 Å². The van der Waals surface area contributed by atoms with Gasteiger partial charge in [-0.05, 0) is 12.5 Å². The molecule has 0 heterocycles. The molecule has 0 spiro atoms. The second-order valence-electron chi connectivity index (χ2n) is 3.54. The number of alkyl halides is 1. The van der Waals surface area contributed by atoms with E-state index in [2.05, 4.69) is 15.9 Å². The molecule has 0 aliphatic heterocycles. The maximum absolute atomic E-state index is 11.2. The number of aliphatic hydroxyl groups is 1. The smallest absolute Gasteiger partial charge is 0.163 e. The first kappa shape index (κ1) is 12.7. The lowest BCUT2D eigenvalue weighted by atomic mass is 10.1. The van der Waals surface area contributed by atoms with Gasteiger partial charge in [0, 0.05) is 6.26 Å². The number of halogens is 1. The van der Waals surface area contributed by atoms with Gasteiger partial charge in [0.2, 0.25) is 0 Å². The molecule has 0 fully saturated rings. The minimum atomic E-state index is -3.30. The molecule has 0 bridgehead atoms. The van der Waals surface area contributed by atoms with Crippen molar-refractivity contribution in [1.29, 1.82) is 0 Å². The van der Waals surface area contributed by atoms with E-state index in [-0.39, 0.29) is 0 Å². The monoisotopic (exact) mass is 292 g/mol. The Kier molecular flexibility index (Phi) is 3.92. The number of sulfone groups is 1. The molecule has 0 radical (unpaired) electrons. The van der Waals surface area contributed by atoms with E-state index in [1.54, 1.807) is 18.2 Å². The number of hydrogen-bond donors (Lipinski definition) is 1. The molecule has 0 aliphatic carbocycles. The van der Waals surface area contributed by atoms with Crippen molar-refractivity contribution in [2.45, 2.75) is 17.2 Å². The normalized spacial score (nSPS) is 16.0. The lowest BCUT2D eigenvalue weighted by Gasteiger charge is -2.16. The van der Waals surface area contributed by atoms with Crippen molar-refractivity contribution >= 4 is 25.8 Å². The first-order valence-corrected chi connectivity index (χ1v) is 7.27. The van der Waals surface area contributed by atoms with Crippen molar-refractivity contribution in [3.63, 3.8) is 0 Å². The number of benzene rings is 1. The molecule has 1 rings (SSSR count). The highest BCUT2D eigenvalue weighted by atomic mass is 79.9. The summed E-state index contributed by atoms with van der Waals surface area (Å²) in [5.41, 5.74) is 1.59. The zero-order valence-corrected chi connectivity index (χ0v) is 10.9. The van der Waals surface area contributed by atoms with Crippen molar-refractivity contribution in [2.24, 2.45) is 0 Å². The van der Waals surface area contributed by atoms with Gasteiger partial charge < -0.3 is 5.11 Å². The summed E-state index contributed by atoms with van der Waals surface area (Å²) in [6, 6.07) is 7.15. The molecule has 0 aromatic heterocycles. The fourth-order valence-electron chi connectivity index (χ4n) is 1.24. The summed E-state index contributed by atoms with van der Waals surface area (Å²) in [4.78, 5) is 0. The van der Waals surface area contributed by atoms with Gasteiger partial charge in [0.05, 0.1) is 0 Å². The molecule has 3 nitrogen and oxygen atoms in total. The second-order valence-corrected chi connectivity index (χ2v) is 7.30. The van der Waals surface area contributed by atoms with E-state index in [4.69, 9.17) is 0 Å². The van der Waals surface area contributed by atoms with Crippen LogP contribution in [-0.2, 0) is 9.84 Å². The summed E-state index contributed by atoms with van der Waals surface area (Å²) in [7, 11) is -3.30. The Hall–Kier alpha value is -0.390. The summed E-state index contributed by atoms with van der Waals surface area (Å²) in [5.74, 6) is 0. The molecule has 0 aliphatic rings. The van der Waals surface area contributed by atoms with Crippen LogP contribution in [0.3, 0.4) is 0 Å². The summed E-state index contributed by atoms with van der Waals surface area (Å²) >= 11 is 2.99. The summed E-state index contributed by atoms with van der Waals surface area (Å²) in [6.45, 7) is 1.89. The van der Waals surface area contributed by atoms with Crippen LogP contribution in [0.4, 0.5) is 0 Å². The van der Waals surface area contributed by atoms with Gasteiger partial charge in [0.25, 0.3) is 0 Å². The molecular formula is C10H13BrO3S. The Labute approximate surface area is 98.2 Å². The highest BCUT2D eigenvalue weighted by molar-refractivity contribution is 9.11. The van der Waals surface area contributed by atoms with E-state index < -0.39 is 20.1 Å². The Bertz CT molecular complexity index is 442. The van der Waals surface area contributed by atoms with Gasteiger partial charge in [0.1, 0.15) is 10.3 Å². The maximum Gasteiger partial charge on any atom is 0.163 e. The molecule has 5 heteroatoms. The molecule has 1 N–H and O–H groups in total. The standard InChI is InChI=1S/C10H13BrO3S/c1-7-4-3-5-8(6-7)9(12)10(11)15(2,13)14/h3-6,9-10,12H,1-2H3/t9-,10+/m0/s1. The molecular weight excluding hydrogens is 280 g/mol. The number of aliphatic hydroxyl groups excluding tert-OH is 1. The minimum Gasteiger partial charge on any atom is -0.386 e. The first-order valence-electron chi connectivity index (χ1n) is 4.40. The van der Waals surface area contributed by atoms with Crippen LogP contribution in [0.1, 0.15) is 17.2 Å². The fraction of sp³-hybridized carbons (Fsp3) is 0.400. The predicted molar refractivity (Wildman–Crippen MR) is 63.7 cm³/mol. The minimum absolute atomic E-state index is 0.599. The van der Waals surface area contributed by atoms with Crippen molar-refractivity contribution in [1.82, 2.24) is 0 Å². The van der Waals surface area contributed by atoms with Crippen molar-refractivity contribution in [3.05, 3.63) is 35.4 Å². The Morgan fingerprint density at radius 1 is 1.40 bits per heavy atom. The summed E-state index contributed by atoms with van der Waals surface area (Å²) in [5, 5.41) is 9.82. The number of hydrogen-bond acceptors (Lipinski definition) is 3. The third-order valence-electron chi connectivity index (χ3n) is 2.04. The largest absolute Gasteiger partial charge is 0.386 e. The van der Waals surface area contributed by atoms with Crippen LogP contribution in [0.15, 0.2) is 24.3 Å². The highest BCUT2D eigenvalue weighted by Gasteiger charge is 2.27. The van der Waals surface area contributed by atoms with Crippen LogP contribution >= 0.6 is 15.9 Å². The Morgan fingerprint density at radius 2 is 2.00 bits per heavy atom. The van der Waals surface area contributed by atoms with Gasteiger partial charge in [-0.1, -0.05) is 45.8 Å². The van der Waals surface area contributed by atoms with E-state index in [1.165, 1.54) is 0 Å². The third-order valence-corrected chi connectivity index (χ3v) is 5.65. The van der Waals surface area contributed by atoms with Crippen LogP contribution in [0, 0.1) is 6.92 Å². The van der Waals surface area contributed by atoms with Gasteiger partial charge in [-0.3, -0.25) is 0 Å². The number of rotatable bonds is 3. The van der Waals surface area contributed by atoms with Crippen LogP contribution in [0.5, 0.6) is 0 Å². The van der Waals surface area contributed by atoms with E-state index in [0.29, 0.717) is 5.56 Å². The van der Waals surface area contributed by atoms with Crippen molar-refractivity contribution in [3.8, 4) is 0 Å². The molecule has 0 saturated carbocycles. The van der Waals surface area contributed by atoms with Crippen LogP contribution in [0.2, 0.25) is 0 Å². The SMILES string of the molecule is Cc1cccc([C@H](O)[C@H](Br)S(C)(=O)=O)c1. The third kappa shape index (κ3) is 3.29. The van der Waals surface area contributed by atoms with Gasteiger partial charge in [-0.2, -0.15) is 0 Å². The lowest BCUT2D eigenvalue weighted by molar-refractivity contribution is 0.195. The molecule has 15 heavy (non-hydrogen) atoms. The van der Waals surface area contributed by atoms with Gasteiger partial charge in [0.15, 0.2) is 9.84 Å². The van der Waals surface area contributed by atoms with Crippen molar-refractivity contribution < 1.29 is 13.5 Å². The predicted octanol–water partition coefficient (Wildman–Crippen LogP) is 1.79. The molecule has 1 aromatic rings. The van der Waals surface area contributed by atoms with Gasteiger partial charge in [-0.25, -0.2) is 8.42 Å². The molecule has 1 aromatic carbocycles. The fourth-order valence-corrected chi connectivity index (χ4v) is 2.17. The first-order chi connectivity index (χ1) is 6.82. The zero-order valence-electron chi connectivity index (χ0n) is 8.51. The summed E-state index contributed by atoms with van der Waals surface area (Å²) < 4.78 is 21.5. The maximum atomic E-state index is 11.2. The topological polar surface area (TPSA) is 54.4 Å². The van der Waals surface area contributed by atoms with Gasteiger partial charge in [-0.15, -0.1) is 0 Å². The Balaban J connectivity index is 3.00. The molecule has 0 amide bonds.